The first-order valence-electron chi connectivity index (χ1n) is 6.67. The fourth-order valence-corrected chi connectivity index (χ4v) is 2.47. The molecule has 0 aliphatic rings. The third kappa shape index (κ3) is 5.12. The molecule has 0 heterocycles. The highest BCUT2D eigenvalue weighted by Gasteiger charge is 2.16. The van der Waals surface area contributed by atoms with E-state index in [0.29, 0.717) is 0 Å². The molecular weight excluding hydrogens is 306 g/mol. The van der Waals surface area contributed by atoms with Crippen molar-refractivity contribution in [1.82, 2.24) is 15.5 Å². The van der Waals surface area contributed by atoms with Crippen molar-refractivity contribution in [3.05, 3.63) is 29.8 Å². The van der Waals surface area contributed by atoms with Crippen molar-refractivity contribution < 1.29 is 18.0 Å². The van der Waals surface area contributed by atoms with Gasteiger partial charge in [-0.1, -0.05) is 12.1 Å². The highest BCUT2D eigenvalue weighted by molar-refractivity contribution is 7.90. The number of imide groups is 1. The van der Waals surface area contributed by atoms with E-state index in [1.807, 2.05) is 6.92 Å². The van der Waals surface area contributed by atoms with Gasteiger partial charge in [0.25, 0.3) is 0 Å². The Morgan fingerprint density at radius 3 is 2.23 bits per heavy atom. The summed E-state index contributed by atoms with van der Waals surface area (Å²) in [6.07, 6.45) is 1.15. The van der Waals surface area contributed by atoms with Gasteiger partial charge in [0.05, 0.1) is 11.4 Å². The van der Waals surface area contributed by atoms with Crippen LogP contribution in [0.1, 0.15) is 18.5 Å². The lowest BCUT2D eigenvalue weighted by Gasteiger charge is -2.24. The maximum Gasteiger partial charge on any atom is 0.321 e. The quantitative estimate of drug-likeness (QED) is 0.823. The molecule has 22 heavy (non-hydrogen) atoms. The summed E-state index contributed by atoms with van der Waals surface area (Å²) >= 11 is 0. The first-order chi connectivity index (χ1) is 10.1. The summed E-state index contributed by atoms with van der Waals surface area (Å²) in [6, 6.07) is 5.86. The molecule has 0 aliphatic carbocycles. The Morgan fingerprint density at radius 2 is 1.77 bits per heavy atom. The maximum absolute atomic E-state index is 11.7. The zero-order valence-corrected chi connectivity index (χ0v) is 13.9. The smallest absolute Gasteiger partial charge is 0.321 e. The predicted octanol–water partition coefficient (Wildman–Crippen LogP) is 0.539. The van der Waals surface area contributed by atoms with Crippen LogP contribution in [0.4, 0.5) is 4.79 Å². The summed E-state index contributed by atoms with van der Waals surface area (Å²) in [5.41, 5.74) is 0.877. The minimum Gasteiger partial charge on any atom is -0.341 e. The van der Waals surface area contributed by atoms with E-state index in [1.165, 1.54) is 7.05 Å². The van der Waals surface area contributed by atoms with Crippen molar-refractivity contribution in [1.29, 1.82) is 0 Å². The number of benzene rings is 1. The molecule has 2 N–H and O–H groups in total. The number of amides is 3. The number of rotatable bonds is 5. The molecule has 1 unspecified atom stereocenters. The molecule has 0 radical (unpaired) electrons. The van der Waals surface area contributed by atoms with Gasteiger partial charge < -0.3 is 5.32 Å². The van der Waals surface area contributed by atoms with E-state index in [2.05, 4.69) is 10.6 Å². The Kier molecular flexibility index (Phi) is 6.07. The lowest BCUT2D eigenvalue weighted by molar-refractivity contribution is -0.121. The number of hydrogen-bond donors (Lipinski definition) is 2. The monoisotopic (exact) mass is 327 g/mol. The van der Waals surface area contributed by atoms with Crippen molar-refractivity contribution in [2.75, 3.05) is 26.9 Å². The van der Waals surface area contributed by atoms with E-state index >= 15 is 0 Å². The summed E-state index contributed by atoms with van der Waals surface area (Å²) in [6.45, 7) is 1.94. The summed E-state index contributed by atoms with van der Waals surface area (Å²) < 4.78 is 22.8. The topological polar surface area (TPSA) is 95.6 Å². The number of nitrogens with zero attached hydrogens (tertiary/aromatic N) is 1. The van der Waals surface area contributed by atoms with Crippen molar-refractivity contribution in [3.8, 4) is 0 Å². The molecule has 0 bridgehead atoms. The number of carbonyl (C=O) groups excluding carboxylic acids is 2. The van der Waals surface area contributed by atoms with Crippen molar-refractivity contribution in [2.24, 2.45) is 0 Å². The number of carbonyl (C=O) groups is 2. The van der Waals surface area contributed by atoms with Crippen LogP contribution in [-0.2, 0) is 14.6 Å². The highest BCUT2D eigenvalue weighted by atomic mass is 32.2. The number of likely N-dealkylation sites (N-methyl/N-ethyl adjacent to an activating group) is 1. The van der Waals surface area contributed by atoms with Gasteiger partial charge in [-0.05, 0) is 31.7 Å². The third-order valence-corrected chi connectivity index (χ3v) is 4.45. The highest BCUT2D eigenvalue weighted by Crippen LogP contribution is 2.20. The van der Waals surface area contributed by atoms with Gasteiger partial charge in [0.1, 0.15) is 0 Å². The van der Waals surface area contributed by atoms with Crippen LogP contribution in [0.15, 0.2) is 29.2 Å². The standard InChI is InChI=1S/C14H21N3O4S/c1-10(17(3)9-13(18)16-14(19)15-2)11-5-7-12(8-6-11)22(4,20)21/h5-8,10H,9H2,1-4H3,(H2,15,16,18,19). The molecule has 0 aromatic heterocycles. The molecule has 1 atom stereocenters. The molecule has 0 spiro atoms. The molecule has 0 saturated carbocycles. The Balaban J connectivity index is 2.72. The average Bonchev–Trinajstić information content (AvgIpc) is 2.45. The van der Waals surface area contributed by atoms with Crippen LogP contribution >= 0.6 is 0 Å². The van der Waals surface area contributed by atoms with Gasteiger partial charge >= 0.3 is 6.03 Å². The van der Waals surface area contributed by atoms with Gasteiger partial charge in [-0.25, -0.2) is 13.2 Å². The Bertz CT molecular complexity index is 641. The molecule has 122 valence electrons. The molecule has 1 aromatic rings. The maximum atomic E-state index is 11.7. The number of hydrogen-bond acceptors (Lipinski definition) is 5. The molecule has 0 aliphatic heterocycles. The predicted molar refractivity (Wildman–Crippen MR) is 83.2 cm³/mol. The van der Waals surface area contributed by atoms with Crippen LogP contribution in [-0.4, -0.2) is 52.2 Å². The Morgan fingerprint density at radius 1 is 1.23 bits per heavy atom. The van der Waals surface area contributed by atoms with Gasteiger partial charge in [-0.15, -0.1) is 0 Å². The van der Waals surface area contributed by atoms with Gasteiger partial charge in [-0.2, -0.15) is 0 Å². The van der Waals surface area contributed by atoms with E-state index < -0.39 is 21.8 Å². The van der Waals surface area contributed by atoms with E-state index in [1.54, 1.807) is 36.2 Å². The van der Waals surface area contributed by atoms with E-state index in [9.17, 15) is 18.0 Å². The SMILES string of the molecule is CNC(=O)NC(=O)CN(C)C(C)c1ccc(S(C)(=O)=O)cc1. The number of nitrogens with one attached hydrogen (secondary N) is 2. The molecule has 0 saturated heterocycles. The summed E-state index contributed by atoms with van der Waals surface area (Å²) in [5.74, 6) is -0.415. The summed E-state index contributed by atoms with van der Waals surface area (Å²) in [5, 5.41) is 4.49. The molecule has 8 heteroatoms. The van der Waals surface area contributed by atoms with Crippen molar-refractivity contribution >= 4 is 21.8 Å². The molecule has 0 fully saturated rings. The largest absolute Gasteiger partial charge is 0.341 e. The minimum atomic E-state index is -3.22. The van der Waals surface area contributed by atoms with Gasteiger partial charge in [0.15, 0.2) is 9.84 Å². The zero-order valence-electron chi connectivity index (χ0n) is 13.1. The molecule has 3 amide bonds. The van der Waals surface area contributed by atoms with E-state index in [0.717, 1.165) is 11.8 Å². The summed E-state index contributed by atoms with van der Waals surface area (Å²) in [4.78, 5) is 24.7. The van der Waals surface area contributed by atoms with Gasteiger partial charge in [0.2, 0.25) is 5.91 Å². The normalized spacial score (nSPS) is 12.8. The van der Waals surface area contributed by atoms with Gasteiger partial charge in [-0.3, -0.25) is 15.0 Å². The van der Waals surface area contributed by atoms with Crippen LogP contribution in [0.25, 0.3) is 0 Å². The van der Waals surface area contributed by atoms with Gasteiger partial charge in [0, 0.05) is 19.3 Å². The van der Waals surface area contributed by atoms with Crippen LogP contribution in [0.5, 0.6) is 0 Å². The second-order valence-electron chi connectivity index (χ2n) is 5.06. The molecule has 1 aromatic carbocycles. The fraction of sp³-hybridized carbons (Fsp3) is 0.429. The van der Waals surface area contributed by atoms with Crippen LogP contribution in [0.2, 0.25) is 0 Å². The van der Waals surface area contributed by atoms with Crippen LogP contribution in [0, 0.1) is 0 Å². The van der Waals surface area contributed by atoms with Crippen molar-refractivity contribution in [3.63, 3.8) is 0 Å². The second-order valence-corrected chi connectivity index (χ2v) is 7.08. The first kappa shape index (κ1) is 18.1. The summed E-state index contributed by atoms with van der Waals surface area (Å²) in [7, 11) is -0.0457. The number of sulfone groups is 1. The van der Waals surface area contributed by atoms with E-state index in [4.69, 9.17) is 0 Å². The molecular formula is C14H21N3O4S. The lowest BCUT2D eigenvalue weighted by atomic mass is 10.1. The second kappa shape index (κ2) is 7.37. The van der Waals surface area contributed by atoms with E-state index in [-0.39, 0.29) is 17.5 Å². The fourth-order valence-electron chi connectivity index (χ4n) is 1.84. The minimum absolute atomic E-state index is 0.0441. The van der Waals surface area contributed by atoms with Crippen LogP contribution < -0.4 is 10.6 Å². The third-order valence-electron chi connectivity index (χ3n) is 3.32. The molecule has 1 rings (SSSR count). The Labute approximate surface area is 130 Å². The van der Waals surface area contributed by atoms with Crippen LogP contribution in [0.3, 0.4) is 0 Å². The zero-order chi connectivity index (χ0) is 16.9. The number of urea groups is 1. The lowest BCUT2D eigenvalue weighted by Crippen LogP contribution is -2.43. The molecule has 7 nitrogen and oxygen atoms in total. The first-order valence-corrected chi connectivity index (χ1v) is 8.56. The average molecular weight is 327 g/mol. The Hall–Kier alpha value is -1.93. The van der Waals surface area contributed by atoms with Crippen molar-refractivity contribution in [2.45, 2.75) is 17.9 Å².